The third-order valence-corrected chi connectivity index (χ3v) is 3.49. The molecule has 0 amide bonds. The van der Waals surface area contributed by atoms with E-state index in [-0.39, 0.29) is 12.2 Å². The van der Waals surface area contributed by atoms with E-state index in [1.54, 1.807) is 0 Å². The monoisotopic (exact) mass is 301 g/mol. The lowest BCUT2D eigenvalue weighted by Crippen LogP contribution is -2.40. The first-order valence-electron chi connectivity index (χ1n) is 6.47. The zero-order valence-corrected chi connectivity index (χ0v) is 11.5. The largest absolute Gasteiger partial charge is 0.394 e. The number of ether oxygens (including phenoxy) is 2. The Balaban J connectivity index is 2.40. The summed E-state index contributed by atoms with van der Waals surface area (Å²) in [6.07, 6.45) is -3.69. The molecular weight excluding hydrogens is 282 g/mol. The summed E-state index contributed by atoms with van der Waals surface area (Å²) in [4.78, 5) is 15.5. The summed E-state index contributed by atoms with van der Waals surface area (Å²) >= 11 is 0. The topological polar surface area (TPSA) is 140 Å². The number of anilines is 1. The minimum atomic E-state index is -1.28. The van der Waals surface area contributed by atoms with E-state index in [1.807, 2.05) is 0 Å². The van der Waals surface area contributed by atoms with Crippen molar-refractivity contribution in [2.75, 3.05) is 19.5 Å². The second-order valence-electron chi connectivity index (χ2n) is 4.86. The Kier molecular flexibility index (Phi) is 4.91. The Morgan fingerprint density at radius 2 is 2.29 bits per heavy atom. The highest BCUT2D eigenvalue weighted by molar-refractivity contribution is 5.23. The molecule has 1 saturated heterocycles. The van der Waals surface area contributed by atoms with Crippen LogP contribution in [-0.2, 0) is 9.47 Å². The van der Waals surface area contributed by atoms with Crippen LogP contribution < -0.4 is 11.4 Å². The quantitative estimate of drug-likeness (QED) is 0.495. The molecule has 0 bridgehead atoms. The fourth-order valence-corrected chi connectivity index (χ4v) is 2.32. The van der Waals surface area contributed by atoms with Crippen LogP contribution in [0.2, 0.25) is 0 Å². The Bertz CT molecular complexity index is 536. The lowest BCUT2D eigenvalue weighted by atomic mass is 10.0. The number of hydrogen-bond acceptors (Lipinski definition) is 8. The smallest absolute Gasteiger partial charge is 0.351 e. The van der Waals surface area contributed by atoms with E-state index in [2.05, 4.69) is 4.98 Å². The van der Waals surface area contributed by atoms with Gasteiger partial charge in [-0.15, -0.1) is 0 Å². The molecule has 1 aliphatic rings. The van der Waals surface area contributed by atoms with Crippen molar-refractivity contribution < 1.29 is 24.8 Å². The van der Waals surface area contributed by atoms with Gasteiger partial charge in [0.25, 0.3) is 0 Å². The van der Waals surface area contributed by atoms with Gasteiger partial charge in [-0.2, -0.15) is 4.98 Å². The predicted octanol–water partition coefficient (Wildman–Crippen LogP) is -2.16. The summed E-state index contributed by atoms with van der Waals surface area (Å²) in [5, 5.41) is 29.1. The summed E-state index contributed by atoms with van der Waals surface area (Å²) in [6, 6.07) is 1.42. The molecular formula is C12H19N3O6. The fraction of sp³-hybridized carbons (Fsp3) is 0.667. The highest BCUT2D eigenvalue weighted by Gasteiger charge is 2.40. The van der Waals surface area contributed by atoms with Gasteiger partial charge in [-0.3, -0.25) is 4.57 Å². The molecule has 9 heteroatoms. The first kappa shape index (κ1) is 15.9. The molecule has 9 nitrogen and oxygen atoms in total. The summed E-state index contributed by atoms with van der Waals surface area (Å²) in [5.41, 5.74) is 4.79. The number of aliphatic hydroxyl groups excluding tert-OH is 3. The van der Waals surface area contributed by atoms with E-state index >= 15 is 0 Å². The van der Waals surface area contributed by atoms with E-state index < -0.39 is 42.9 Å². The molecule has 5 N–H and O–H groups in total. The van der Waals surface area contributed by atoms with E-state index in [0.29, 0.717) is 0 Å². The van der Waals surface area contributed by atoms with Crippen molar-refractivity contribution in [3.05, 3.63) is 22.7 Å². The van der Waals surface area contributed by atoms with Gasteiger partial charge in [-0.25, -0.2) is 4.79 Å². The van der Waals surface area contributed by atoms with Crippen LogP contribution in [0.3, 0.4) is 0 Å². The van der Waals surface area contributed by atoms with Crippen LogP contribution >= 0.6 is 0 Å². The Morgan fingerprint density at radius 1 is 1.57 bits per heavy atom. The number of hydrogen-bond donors (Lipinski definition) is 4. The highest BCUT2D eigenvalue weighted by Crippen LogP contribution is 2.28. The zero-order valence-electron chi connectivity index (χ0n) is 11.5. The molecule has 0 spiro atoms. The van der Waals surface area contributed by atoms with Crippen LogP contribution in [0.25, 0.3) is 0 Å². The standard InChI is InChI=1S/C12H19N3O6/c1-20-7-4-6(17)10(18)8(5-16)21-11(7)15-3-2-9(13)14-12(15)19/h2-3,6-8,10-11,16-18H,4-5H2,1H3,(H2,13,14,19)/t6-,7-,8-,10+,11-/m1/s1. The molecule has 1 fully saturated rings. The third-order valence-electron chi connectivity index (χ3n) is 3.49. The SMILES string of the molecule is CO[C@@H]1C[C@@H](O)[C@H](O)[C@@H](CO)O[C@H]1n1ccc(N)nc1=O. The minimum Gasteiger partial charge on any atom is -0.394 e. The van der Waals surface area contributed by atoms with Crippen LogP contribution in [0, 0.1) is 0 Å². The van der Waals surface area contributed by atoms with Crippen LogP contribution in [-0.4, -0.2) is 63.0 Å². The summed E-state index contributed by atoms with van der Waals surface area (Å²) < 4.78 is 11.9. The number of rotatable bonds is 3. The number of nitrogens with two attached hydrogens (primary N) is 1. The Hall–Kier alpha value is -1.52. The number of aromatic nitrogens is 2. The first-order chi connectivity index (χ1) is 9.97. The molecule has 0 unspecified atom stereocenters. The fourth-order valence-electron chi connectivity index (χ4n) is 2.32. The lowest BCUT2D eigenvalue weighted by Gasteiger charge is -2.27. The van der Waals surface area contributed by atoms with Crippen LogP contribution in [0.1, 0.15) is 12.6 Å². The summed E-state index contributed by atoms with van der Waals surface area (Å²) in [6.45, 7) is -0.512. The van der Waals surface area contributed by atoms with Crippen molar-refractivity contribution in [3.8, 4) is 0 Å². The molecule has 2 heterocycles. The molecule has 1 aliphatic heterocycles. The van der Waals surface area contributed by atoms with Crippen LogP contribution in [0.15, 0.2) is 17.1 Å². The van der Waals surface area contributed by atoms with Gasteiger partial charge >= 0.3 is 5.69 Å². The Morgan fingerprint density at radius 3 is 2.86 bits per heavy atom. The van der Waals surface area contributed by atoms with Crippen LogP contribution in [0.4, 0.5) is 5.82 Å². The predicted molar refractivity (Wildman–Crippen MR) is 71.3 cm³/mol. The van der Waals surface area contributed by atoms with Gasteiger partial charge in [-0.1, -0.05) is 0 Å². The molecule has 1 aromatic heterocycles. The van der Waals surface area contributed by atoms with E-state index in [1.165, 1.54) is 19.4 Å². The zero-order chi connectivity index (χ0) is 15.6. The van der Waals surface area contributed by atoms with Crippen molar-refractivity contribution in [1.82, 2.24) is 9.55 Å². The van der Waals surface area contributed by atoms with Gasteiger partial charge in [0.2, 0.25) is 0 Å². The van der Waals surface area contributed by atoms with Crippen molar-refractivity contribution in [2.24, 2.45) is 0 Å². The third kappa shape index (κ3) is 3.22. The normalized spacial score (nSPS) is 33.6. The first-order valence-corrected chi connectivity index (χ1v) is 6.47. The van der Waals surface area contributed by atoms with E-state index in [0.717, 1.165) is 4.57 Å². The average Bonchev–Trinajstić information content (AvgIpc) is 2.57. The molecule has 21 heavy (non-hydrogen) atoms. The second-order valence-corrected chi connectivity index (χ2v) is 4.86. The maximum atomic E-state index is 11.9. The summed E-state index contributed by atoms with van der Waals surface area (Å²) in [7, 11) is 1.40. The summed E-state index contributed by atoms with van der Waals surface area (Å²) in [5.74, 6) is 0.0672. The lowest BCUT2D eigenvalue weighted by molar-refractivity contribution is -0.153. The van der Waals surface area contributed by atoms with E-state index in [9.17, 15) is 20.1 Å². The number of aliphatic hydroxyl groups is 3. The van der Waals surface area contributed by atoms with Crippen LogP contribution in [0.5, 0.6) is 0 Å². The molecule has 0 aliphatic carbocycles. The number of methoxy groups -OCH3 is 1. The average molecular weight is 301 g/mol. The van der Waals surface area contributed by atoms with E-state index in [4.69, 9.17) is 15.2 Å². The molecule has 2 rings (SSSR count). The van der Waals surface area contributed by atoms with Crippen molar-refractivity contribution in [3.63, 3.8) is 0 Å². The molecule has 0 radical (unpaired) electrons. The number of nitrogen functional groups attached to an aromatic ring is 1. The molecule has 5 atom stereocenters. The molecule has 118 valence electrons. The van der Waals surface area contributed by atoms with Crippen molar-refractivity contribution in [1.29, 1.82) is 0 Å². The van der Waals surface area contributed by atoms with Gasteiger partial charge in [0.05, 0.1) is 12.7 Å². The van der Waals surface area contributed by atoms with Gasteiger partial charge in [0.1, 0.15) is 24.1 Å². The van der Waals surface area contributed by atoms with Crippen molar-refractivity contribution >= 4 is 5.82 Å². The van der Waals surface area contributed by atoms with Crippen molar-refractivity contribution in [2.45, 2.75) is 37.1 Å². The molecule has 0 saturated carbocycles. The highest BCUT2D eigenvalue weighted by atomic mass is 16.6. The van der Waals surface area contributed by atoms with Gasteiger partial charge in [0, 0.05) is 19.7 Å². The maximum Gasteiger partial charge on any atom is 0.351 e. The number of nitrogens with zero attached hydrogens (tertiary/aromatic N) is 2. The Labute approximate surface area is 120 Å². The van der Waals surface area contributed by atoms with Gasteiger partial charge in [0.15, 0.2) is 6.23 Å². The molecule has 0 aromatic carbocycles. The second kappa shape index (κ2) is 6.50. The minimum absolute atomic E-state index is 0.0374. The molecule has 1 aromatic rings. The van der Waals surface area contributed by atoms with Gasteiger partial charge in [-0.05, 0) is 6.07 Å². The maximum absolute atomic E-state index is 11.9. The van der Waals surface area contributed by atoms with Gasteiger partial charge < -0.3 is 30.5 Å².